The van der Waals surface area contributed by atoms with Crippen LogP contribution in [0, 0.1) is 0 Å². The number of methoxy groups -OCH3 is 2. The molecule has 2 heterocycles. The molecule has 1 fully saturated rings. The number of nitrogens with zero attached hydrogens (tertiary/aromatic N) is 1. The molecule has 180 valence electrons. The van der Waals surface area contributed by atoms with E-state index in [1.165, 1.54) is 26.4 Å². The third kappa shape index (κ3) is 5.48. The molecule has 9 heteroatoms. The van der Waals surface area contributed by atoms with E-state index in [2.05, 4.69) is 16.6 Å². The van der Waals surface area contributed by atoms with Gasteiger partial charge in [0.2, 0.25) is 5.76 Å². The third-order valence-corrected chi connectivity index (χ3v) is 4.78. The molecule has 3 amide bonds. The first-order chi connectivity index (χ1) is 16.1. The third-order valence-electron chi connectivity index (χ3n) is 4.78. The standard InChI is InChI=1S/C25H28N2O7/c1-7-8-16-11-15(13-20(31-5)21(16)34-25(2,3)4)12-18-22(28)27(24(30)26-18)14-17-9-10-19(33-17)23(29)32-6/h7,9-13H,1,8,14H2,2-6H3,(H,26,30)/b18-12-. The van der Waals surface area contributed by atoms with Crippen molar-refractivity contribution >= 4 is 24.0 Å². The number of ether oxygens (including phenoxy) is 3. The van der Waals surface area contributed by atoms with Crippen molar-refractivity contribution in [3.63, 3.8) is 0 Å². The maximum absolute atomic E-state index is 12.9. The van der Waals surface area contributed by atoms with Crippen LogP contribution in [0.1, 0.15) is 48.2 Å². The summed E-state index contributed by atoms with van der Waals surface area (Å²) in [7, 11) is 2.77. The van der Waals surface area contributed by atoms with E-state index in [0.717, 1.165) is 10.5 Å². The summed E-state index contributed by atoms with van der Waals surface area (Å²) in [6, 6.07) is 5.92. The molecule has 1 aliphatic heterocycles. The zero-order valence-corrected chi connectivity index (χ0v) is 19.9. The van der Waals surface area contributed by atoms with Crippen molar-refractivity contribution in [3.8, 4) is 11.5 Å². The highest BCUT2D eigenvalue weighted by Crippen LogP contribution is 2.36. The molecule has 1 aliphatic rings. The molecule has 3 rings (SSSR count). The highest BCUT2D eigenvalue weighted by Gasteiger charge is 2.34. The number of hydrogen-bond donors (Lipinski definition) is 1. The Bertz CT molecular complexity index is 1150. The maximum Gasteiger partial charge on any atom is 0.373 e. The minimum Gasteiger partial charge on any atom is -0.493 e. The Balaban J connectivity index is 1.89. The van der Waals surface area contributed by atoms with E-state index in [-0.39, 0.29) is 23.8 Å². The second-order valence-electron chi connectivity index (χ2n) is 8.56. The molecule has 9 nitrogen and oxygen atoms in total. The molecular weight excluding hydrogens is 440 g/mol. The van der Waals surface area contributed by atoms with Crippen molar-refractivity contribution in [2.24, 2.45) is 0 Å². The van der Waals surface area contributed by atoms with Gasteiger partial charge in [-0.15, -0.1) is 6.58 Å². The SMILES string of the molecule is C=CCc1cc(/C=C2\NC(=O)N(Cc3ccc(C(=O)OC)o3)C2=O)cc(OC)c1OC(C)(C)C. The predicted molar refractivity (Wildman–Crippen MR) is 124 cm³/mol. The topological polar surface area (TPSA) is 107 Å². The van der Waals surface area contributed by atoms with Crippen LogP contribution in [-0.4, -0.2) is 42.6 Å². The largest absolute Gasteiger partial charge is 0.493 e. The predicted octanol–water partition coefficient (Wildman–Crippen LogP) is 4.07. The lowest BCUT2D eigenvalue weighted by atomic mass is 10.0. The first kappa shape index (κ1) is 24.6. The Morgan fingerprint density at radius 3 is 2.56 bits per heavy atom. The fourth-order valence-electron chi connectivity index (χ4n) is 3.36. The minimum absolute atomic E-state index is 0.0141. The van der Waals surface area contributed by atoms with Gasteiger partial charge in [0.15, 0.2) is 11.5 Å². The molecule has 2 aromatic rings. The molecule has 0 saturated carbocycles. The van der Waals surface area contributed by atoms with Crippen LogP contribution >= 0.6 is 0 Å². The first-order valence-electron chi connectivity index (χ1n) is 10.6. The van der Waals surface area contributed by atoms with E-state index in [4.69, 9.17) is 13.9 Å². The number of furan rings is 1. The van der Waals surface area contributed by atoms with Crippen LogP contribution in [-0.2, 0) is 22.5 Å². The Labute approximate surface area is 198 Å². The van der Waals surface area contributed by atoms with Gasteiger partial charge in [-0.1, -0.05) is 6.08 Å². The van der Waals surface area contributed by atoms with Gasteiger partial charge < -0.3 is 23.9 Å². The van der Waals surface area contributed by atoms with Crippen LogP contribution in [0.25, 0.3) is 6.08 Å². The maximum atomic E-state index is 12.9. The van der Waals surface area contributed by atoms with Crippen LogP contribution < -0.4 is 14.8 Å². The quantitative estimate of drug-likeness (QED) is 0.269. The number of esters is 1. The molecule has 0 radical (unpaired) electrons. The van der Waals surface area contributed by atoms with Gasteiger partial charge in [0, 0.05) is 5.56 Å². The van der Waals surface area contributed by atoms with Crippen molar-refractivity contribution in [2.45, 2.75) is 39.3 Å². The van der Waals surface area contributed by atoms with Crippen LogP contribution in [0.3, 0.4) is 0 Å². The normalized spacial score (nSPS) is 14.9. The summed E-state index contributed by atoms with van der Waals surface area (Å²) < 4.78 is 21.6. The smallest absolute Gasteiger partial charge is 0.373 e. The van der Waals surface area contributed by atoms with Gasteiger partial charge in [0.1, 0.15) is 17.1 Å². The molecule has 0 bridgehead atoms. The van der Waals surface area contributed by atoms with Crippen LogP contribution in [0.2, 0.25) is 0 Å². The lowest BCUT2D eigenvalue weighted by molar-refractivity contribution is -0.123. The average Bonchev–Trinajstić information content (AvgIpc) is 3.34. The number of imide groups is 1. The Morgan fingerprint density at radius 2 is 1.94 bits per heavy atom. The molecule has 0 aliphatic carbocycles. The van der Waals surface area contributed by atoms with E-state index in [0.29, 0.717) is 23.5 Å². The van der Waals surface area contributed by atoms with Crippen molar-refractivity contribution in [2.75, 3.05) is 14.2 Å². The van der Waals surface area contributed by atoms with E-state index in [9.17, 15) is 14.4 Å². The molecule has 34 heavy (non-hydrogen) atoms. The van der Waals surface area contributed by atoms with Crippen molar-refractivity contribution in [3.05, 3.63) is 65.3 Å². The Morgan fingerprint density at radius 1 is 1.21 bits per heavy atom. The highest BCUT2D eigenvalue weighted by atomic mass is 16.5. The number of nitrogens with one attached hydrogen (secondary N) is 1. The highest BCUT2D eigenvalue weighted by molar-refractivity contribution is 6.13. The fourth-order valence-corrected chi connectivity index (χ4v) is 3.36. The van der Waals surface area contributed by atoms with Gasteiger partial charge in [-0.05, 0) is 63.1 Å². The zero-order chi connectivity index (χ0) is 25.0. The number of hydrogen-bond acceptors (Lipinski definition) is 7. The fraction of sp³-hybridized carbons (Fsp3) is 0.320. The number of benzene rings is 1. The van der Waals surface area contributed by atoms with E-state index in [1.807, 2.05) is 26.8 Å². The van der Waals surface area contributed by atoms with Gasteiger partial charge >= 0.3 is 12.0 Å². The molecule has 0 atom stereocenters. The molecule has 1 N–H and O–H groups in total. The monoisotopic (exact) mass is 468 g/mol. The molecule has 1 aromatic heterocycles. The second kappa shape index (κ2) is 9.86. The number of urea groups is 1. The lowest BCUT2D eigenvalue weighted by Crippen LogP contribution is -2.30. The second-order valence-corrected chi connectivity index (χ2v) is 8.56. The first-order valence-corrected chi connectivity index (χ1v) is 10.6. The van der Waals surface area contributed by atoms with E-state index >= 15 is 0 Å². The van der Waals surface area contributed by atoms with Crippen LogP contribution in [0.15, 0.2) is 47.0 Å². The number of amides is 3. The van der Waals surface area contributed by atoms with E-state index < -0.39 is 23.5 Å². The molecule has 1 saturated heterocycles. The van der Waals surface area contributed by atoms with Gasteiger partial charge in [0.25, 0.3) is 5.91 Å². The van der Waals surface area contributed by atoms with Crippen LogP contribution in [0.5, 0.6) is 11.5 Å². The van der Waals surface area contributed by atoms with Gasteiger partial charge in [-0.2, -0.15) is 0 Å². The van der Waals surface area contributed by atoms with Gasteiger partial charge in [-0.3, -0.25) is 9.69 Å². The number of carbonyl (C=O) groups excluding carboxylic acids is 3. The lowest BCUT2D eigenvalue weighted by Gasteiger charge is -2.25. The Kier molecular flexibility index (Phi) is 7.14. The average molecular weight is 469 g/mol. The van der Waals surface area contributed by atoms with Crippen molar-refractivity contribution in [1.82, 2.24) is 10.2 Å². The van der Waals surface area contributed by atoms with Gasteiger partial charge in [0.05, 0.1) is 20.8 Å². The summed E-state index contributed by atoms with van der Waals surface area (Å²) in [6.07, 6.45) is 3.84. The zero-order valence-electron chi connectivity index (χ0n) is 19.9. The molecule has 0 unspecified atom stereocenters. The van der Waals surface area contributed by atoms with Crippen molar-refractivity contribution in [1.29, 1.82) is 0 Å². The summed E-state index contributed by atoms with van der Waals surface area (Å²) in [4.78, 5) is 37.9. The summed E-state index contributed by atoms with van der Waals surface area (Å²) in [5.41, 5.74) is 1.13. The molecule has 1 aromatic carbocycles. The molecule has 0 spiro atoms. The van der Waals surface area contributed by atoms with Crippen molar-refractivity contribution < 1.29 is 33.0 Å². The number of rotatable bonds is 8. The van der Waals surface area contributed by atoms with E-state index in [1.54, 1.807) is 18.2 Å². The Hall–Kier alpha value is -4.01. The minimum atomic E-state index is -0.646. The summed E-state index contributed by atoms with van der Waals surface area (Å²) in [5, 5.41) is 2.58. The summed E-state index contributed by atoms with van der Waals surface area (Å²) in [5.74, 6) is 0.177. The summed E-state index contributed by atoms with van der Waals surface area (Å²) >= 11 is 0. The van der Waals surface area contributed by atoms with Crippen LogP contribution in [0.4, 0.5) is 4.79 Å². The summed E-state index contributed by atoms with van der Waals surface area (Å²) in [6.45, 7) is 9.48. The van der Waals surface area contributed by atoms with Gasteiger partial charge in [-0.25, -0.2) is 9.59 Å². The number of allylic oxidation sites excluding steroid dienone is 1. The number of carbonyl (C=O) groups is 3. The molecular formula is C25H28N2O7.